The van der Waals surface area contributed by atoms with Gasteiger partial charge in [-0.25, -0.2) is 0 Å². The lowest BCUT2D eigenvalue weighted by Crippen LogP contribution is -2.11. The van der Waals surface area contributed by atoms with Crippen LogP contribution in [0.25, 0.3) is 0 Å². The van der Waals surface area contributed by atoms with Crippen LogP contribution in [0.3, 0.4) is 0 Å². The molecular formula is C16H15ClO2. The third-order valence-electron chi connectivity index (χ3n) is 2.69. The van der Waals surface area contributed by atoms with Gasteiger partial charge in [0.2, 0.25) is 0 Å². The second-order valence-electron chi connectivity index (χ2n) is 4.60. The van der Waals surface area contributed by atoms with Crippen LogP contribution < -0.4 is 4.74 Å². The lowest BCUT2D eigenvalue weighted by Gasteiger charge is -2.06. The van der Waals surface area contributed by atoms with Crippen LogP contribution in [0.2, 0.25) is 5.02 Å². The summed E-state index contributed by atoms with van der Waals surface area (Å²) in [6.07, 6.45) is 0.240. The van der Waals surface area contributed by atoms with E-state index < -0.39 is 0 Å². The van der Waals surface area contributed by atoms with Gasteiger partial charge >= 0.3 is 5.97 Å². The van der Waals surface area contributed by atoms with Gasteiger partial charge in [0.15, 0.2) is 0 Å². The minimum Gasteiger partial charge on any atom is -0.426 e. The number of benzene rings is 2. The van der Waals surface area contributed by atoms with Crippen LogP contribution in [-0.4, -0.2) is 5.97 Å². The summed E-state index contributed by atoms with van der Waals surface area (Å²) >= 11 is 5.80. The maximum Gasteiger partial charge on any atom is 0.315 e. The normalized spacial score (nSPS) is 10.3. The molecule has 0 radical (unpaired) electrons. The Labute approximate surface area is 118 Å². The van der Waals surface area contributed by atoms with Crippen molar-refractivity contribution in [3.63, 3.8) is 0 Å². The Morgan fingerprint density at radius 3 is 2.21 bits per heavy atom. The predicted molar refractivity (Wildman–Crippen MR) is 76.7 cm³/mol. The molecule has 0 heterocycles. The van der Waals surface area contributed by atoms with Crippen molar-refractivity contribution in [1.82, 2.24) is 0 Å². The molecule has 0 spiro atoms. The highest BCUT2D eigenvalue weighted by Gasteiger charge is 2.07. The van der Waals surface area contributed by atoms with Crippen LogP contribution in [0, 0.1) is 13.8 Å². The molecule has 2 aromatic carbocycles. The minimum absolute atomic E-state index is 0.240. The summed E-state index contributed by atoms with van der Waals surface area (Å²) < 4.78 is 5.34. The fourth-order valence-electron chi connectivity index (χ4n) is 1.93. The van der Waals surface area contributed by atoms with Crippen molar-refractivity contribution < 1.29 is 9.53 Å². The molecule has 0 aromatic heterocycles. The van der Waals surface area contributed by atoms with E-state index in [9.17, 15) is 4.79 Å². The molecule has 0 fully saturated rings. The van der Waals surface area contributed by atoms with Gasteiger partial charge in [0.1, 0.15) is 5.75 Å². The maximum atomic E-state index is 11.8. The van der Waals surface area contributed by atoms with Gasteiger partial charge in [-0.1, -0.05) is 29.8 Å². The van der Waals surface area contributed by atoms with Crippen molar-refractivity contribution in [3.05, 3.63) is 64.2 Å². The van der Waals surface area contributed by atoms with Gasteiger partial charge in [-0.15, -0.1) is 0 Å². The van der Waals surface area contributed by atoms with Crippen LogP contribution >= 0.6 is 11.6 Å². The average molecular weight is 275 g/mol. The fraction of sp³-hybridized carbons (Fsp3) is 0.188. The zero-order valence-electron chi connectivity index (χ0n) is 10.9. The first-order valence-electron chi connectivity index (χ1n) is 6.06. The Kier molecular flexibility index (Phi) is 4.23. The molecule has 98 valence electrons. The number of aryl methyl sites for hydroxylation is 2. The Bertz CT molecular complexity index is 568. The van der Waals surface area contributed by atoms with Crippen molar-refractivity contribution in [2.75, 3.05) is 0 Å². The van der Waals surface area contributed by atoms with Gasteiger partial charge in [-0.3, -0.25) is 4.79 Å². The van der Waals surface area contributed by atoms with E-state index in [0.29, 0.717) is 10.8 Å². The van der Waals surface area contributed by atoms with Crippen LogP contribution in [0.4, 0.5) is 0 Å². The number of ether oxygens (including phenoxy) is 1. The fourth-order valence-corrected chi connectivity index (χ4v) is 2.05. The first-order chi connectivity index (χ1) is 9.02. The monoisotopic (exact) mass is 274 g/mol. The highest BCUT2D eigenvalue weighted by molar-refractivity contribution is 6.30. The molecule has 0 N–H and O–H groups in total. The number of carbonyl (C=O) groups excluding carboxylic acids is 1. The first kappa shape index (κ1) is 13.6. The van der Waals surface area contributed by atoms with Crippen molar-refractivity contribution in [2.24, 2.45) is 0 Å². The van der Waals surface area contributed by atoms with Crippen LogP contribution in [0.1, 0.15) is 16.7 Å². The van der Waals surface area contributed by atoms with E-state index in [2.05, 4.69) is 0 Å². The molecule has 0 bridgehead atoms. The molecule has 0 aliphatic carbocycles. The Balaban J connectivity index is 2.03. The molecule has 0 amide bonds. The third kappa shape index (κ3) is 4.11. The highest BCUT2D eigenvalue weighted by atomic mass is 35.5. The van der Waals surface area contributed by atoms with Crippen molar-refractivity contribution in [1.29, 1.82) is 0 Å². The van der Waals surface area contributed by atoms with Gasteiger partial charge in [0.05, 0.1) is 6.42 Å². The quantitative estimate of drug-likeness (QED) is 0.622. The van der Waals surface area contributed by atoms with Crippen LogP contribution in [0.5, 0.6) is 5.75 Å². The molecular weight excluding hydrogens is 260 g/mol. The molecule has 0 saturated carbocycles. The summed E-state index contributed by atoms with van der Waals surface area (Å²) in [6, 6.07) is 12.9. The van der Waals surface area contributed by atoms with Gasteiger partial charge < -0.3 is 4.74 Å². The zero-order chi connectivity index (χ0) is 13.8. The number of halogens is 1. The summed E-state index contributed by atoms with van der Waals surface area (Å²) in [6.45, 7) is 3.95. The highest BCUT2D eigenvalue weighted by Crippen LogP contribution is 2.17. The van der Waals surface area contributed by atoms with Gasteiger partial charge in [0.25, 0.3) is 0 Å². The molecule has 2 nitrogen and oxygen atoms in total. The summed E-state index contributed by atoms with van der Waals surface area (Å²) in [5.74, 6) is 0.323. The van der Waals surface area contributed by atoms with Gasteiger partial charge in [-0.05, 0) is 54.8 Å². The Morgan fingerprint density at radius 1 is 1.05 bits per heavy atom. The van der Waals surface area contributed by atoms with E-state index in [1.165, 1.54) is 0 Å². The summed E-state index contributed by atoms with van der Waals surface area (Å²) in [7, 11) is 0. The number of carbonyl (C=O) groups is 1. The van der Waals surface area contributed by atoms with Crippen LogP contribution in [0.15, 0.2) is 42.5 Å². The average Bonchev–Trinajstić information content (AvgIpc) is 2.30. The van der Waals surface area contributed by atoms with E-state index in [1.54, 1.807) is 12.1 Å². The molecule has 2 rings (SSSR count). The van der Waals surface area contributed by atoms with E-state index >= 15 is 0 Å². The van der Waals surface area contributed by atoms with E-state index in [1.807, 2.05) is 44.2 Å². The predicted octanol–water partition coefficient (Wildman–Crippen LogP) is 4.10. The number of esters is 1. The van der Waals surface area contributed by atoms with Crippen molar-refractivity contribution in [2.45, 2.75) is 20.3 Å². The molecule has 2 aromatic rings. The summed E-state index contributed by atoms with van der Waals surface area (Å²) in [4.78, 5) is 11.8. The number of rotatable bonds is 3. The SMILES string of the molecule is Cc1cc(C)cc(OC(=O)Cc2ccc(Cl)cc2)c1. The molecule has 0 aliphatic rings. The smallest absolute Gasteiger partial charge is 0.315 e. The zero-order valence-corrected chi connectivity index (χ0v) is 11.7. The topological polar surface area (TPSA) is 26.3 Å². The lowest BCUT2D eigenvalue weighted by atomic mass is 10.1. The third-order valence-corrected chi connectivity index (χ3v) is 2.94. The maximum absolute atomic E-state index is 11.8. The van der Waals surface area contributed by atoms with E-state index in [4.69, 9.17) is 16.3 Å². The molecule has 0 unspecified atom stereocenters. The van der Waals surface area contributed by atoms with Gasteiger partial charge in [0, 0.05) is 5.02 Å². The van der Waals surface area contributed by atoms with E-state index in [0.717, 1.165) is 16.7 Å². The second-order valence-corrected chi connectivity index (χ2v) is 5.04. The van der Waals surface area contributed by atoms with Crippen LogP contribution in [-0.2, 0) is 11.2 Å². The number of hydrogen-bond acceptors (Lipinski definition) is 2. The van der Waals surface area contributed by atoms with Crippen molar-refractivity contribution >= 4 is 17.6 Å². The molecule has 0 aliphatic heterocycles. The standard InChI is InChI=1S/C16H15ClO2/c1-11-7-12(2)9-15(8-11)19-16(18)10-13-3-5-14(17)6-4-13/h3-9H,10H2,1-2H3. The molecule has 0 saturated heterocycles. The molecule has 3 heteroatoms. The molecule has 19 heavy (non-hydrogen) atoms. The minimum atomic E-state index is -0.271. The van der Waals surface area contributed by atoms with Gasteiger partial charge in [-0.2, -0.15) is 0 Å². The molecule has 0 atom stereocenters. The Hall–Kier alpha value is -1.80. The Morgan fingerprint density at radius 2 is 1.63 bits per heavy atom. The van der Waals surface area contributed by atoms with Crippen molar-refractivity contribution in [3.8, 4) is 5.75 Å². The van der Waals surface area contributed by atoms with E-state index in [-0.39, 0.29) is 12.4 Å². The first-order valence-corrected chi connectivity index (χ1v) is 6.44. The summed E-state index contributed by atoms with van der Waals surface area (Å²) in [5, 5.41) is 0.659. The lowest BCUT2D eigenvalue weighted by molar-refractivity contribution is -0.133. The largest absolute Gasteiger partial charge is 0.426 e. The summed E-state index contributed by atoms with van der Waals surface area (Å²) in [5.41, 5.74) is 3.04. The number of hydrogen-bond donors (Lipinski definition) is 0. The second kappa shape index (κ2) is 5.89.